The Kier molecular flexibility index (Phi) is 6.50. The lowest BCUT2D eigenvalue weighted by Crippen LogP contribution is -2.50. The van der Waals surface area contributed by atoms with Gasteiger partial charge in [0.2, 0.25) is 20.0 Å². The number of hydrogen-bond acceptors (Lipinski definition) is 6. The summed E-state index contributed by atoms with van der Waals surface area (Å²) in [6.07, 6.45) is 1.65. The van der Waals surface area contributed by atoms with Gasteiger partial charge in [0.15, 0.2) is 0 Å². The Balaban J connectivity index is 1.47. The maximum absolute atomic E-state index is 13.0. The van der Waals surface area contributed by atoms with Crippen molar-refractivity contribution < 1.29 is 26.7 Å². The smallest absolute Gasteiger partial charge is 0.253 e. The minimum atomic E-state index is -3.90. The Bertz CT molecular complexity index is 1260. The van der Waals surface area contributed by atoms with Crippen LogP contribution in [-0.4, -0.2) is 80.6 Å². The zero-order valence-electron chi connectivity index (χ0n) is 18.3. The SMILES string of the molecule is Cc1ccc(O)c(S(=O)(=O)N2CCN(C(=O)c3cccc(S(=O)(=O)N4CCCC4)c3)CC2)c1. The molecule has 4 rings (SSSR count). The van der Waals surface area contributed by atoms with Crippen LogP contribution in [-0.2, 0) is 20.0 Å². The summed E-state index contributed by atoms with van der Waals surface area (Å²) in [7, 11) is -7.54. The lowest BCUT2D eigenvalue weighted by atomic mass is 10.2. The van der Waals surface area contributed by atoms with E-state index in [-0.39, 0.29) is 53.2 Å². The van der Waals surface area contributed by atoms with Crippen LogP contribution < -0.4 is 0 Å². The number of amides is 1. The molecule has 0 unspecified atom stereocenters. The molecule has 2 heterocycles. The number of piperazine rings is 1. The summed E-state index contributed by atoms with van der Waals surface area (Å²) in [6, 6.07) is 10.4. The number of benzene rings is 2. The van der Waals surface area contributed by atoms with Gasteiger partial charge in [0.25, 0.3) is 5.91 Å². The van der Waals surface area contributed by atoms with Crippen LogP contribution in [0.25, 0.3) is 0 Å². The molecule has 2 aromatic carbocycles. The average Bonchev–Trinajstić information content (AvgIpc) is 3.36. The molecule has 0 bridgehead atoms. The van der Waals surface area contributed by atoms with Gasteiger partial charge >= 0.3 is 0 Å². The Morgan fingerprint density at radius 2 is 1.45 bits per heavy atom. The molecule has 0 spiro atoms. The molecule has 178 valence electrons. The fourth-order valence-corrected chi connectivity index (χ4v) is 7.30. The van der Waals surface area contributed by atoms with Gasteiger partial charge in [0.05, 0.1) is 4.90 Å². The first kappa shape index (κ1) is 23.7. The van der Waals surface area contributed by atoms with E-state index < -0.39 is 20.0 Å². The zero-order valence-corrected chi connectivity index (χ0v) is 20.0. The molecule has 0 atom stereocenters. The molecule has 1 amide bonds. The van der Waals surface area contributed by atoms with Crippen LogP contribution in [0.3, 0.4) is 0 Å². The van der Waals surface area contributed by atoms with Gasteiger partial charge in [-0.05, 0) is 55.7 Å². The van der Waals surface area contributed by atoms with Crippen LogP contribution in [0.5, 0.6) is 5.75 Å². The van der Waals surface area contributed by atoms with Crippen molar-refractivity contribution in [3.63, 3.8) is 0 Å². The van der Waals surface area contributed by atoms with E-state index in [2.05, 4.69) is 0 Å². The van der Waals surface area contributed by atoms with Gasteiger partial charge in [-0.2, -0.15) is 8.61 Å². The Labute approximate surface area is 194 Å². The van der Waals surface area contributed by atoms with Gasteiger partial charge < -0.3 is 10.0 Å². The van der Waals surface area contributed by atoms with Crippen molar-refractivity contribution in [1.82, 2.24) is 13.5 Å². The second kappa shape index (κ2) is 9.05. The first-order valence-corrected chi connectivity index (χ1v) is 13.7. The van der Waals surface area contributed by atoms with Gasteiger partial charge in [0.1, 0.15) is 10.6 Å². The number of nitrogens with zero attached hydrogens (tertiary/aromatic N) is 3. The summed E-state index contributed by atoms with van der Waals surface area (Å²) in [5, 5.41) is 10.0. The molecule has 0 aliphatic carbocycles. The molecule has 2 saturated heterocycles. The molecule has 1 N–H and O–H groups in total. The third kappa shape index (κ3) is 4.63. The fourth-order valence-electron chi connectivity index (χ4n) is 4.15. The van der Waals surface area contributed by atoms with Crippen LogP contribution in [0.2, 0.25) is 0 Å². The van der Waals surface area contributed by atoms with Gasteiger partial charge in [-0.1, -0.05) is 12.1 Å². The Morgan fingerprint density at radius 1 is 0.818 bits per heavy atom. The van der Waals surface area contributed by atoms with E-state index in [1.165, 1.54) is 37.8 Å². The van der Waals surface area contributed by atoms with Gasteiger partial charge in [-0.25, -0.2) is 16.8 Å². The van der Waals surface area contributed by atoms with Crippen molar-refractivity contribution in [3.05, 3.63) is 53.6 Å². The predicted molar refractivity (Wildman–Crippen MR) is 122 cm³/mol. The van der Waals surface area contributed by atoms with Crippen LogP contribution in [0.1, 0.15) is 28.8 Å². The maximum atomic E-state index is 13.0. The minimum Gasteiger partial charge on any atom is -0.507 e. The number of phenolic OH excluding ortho intramolecular Hbond substituents is 1. The van der Waals surface area contributed by atoms with Gasteiger partial charge in [0, 0.05) is 44.8 Å². The quantitative estimate of drug-likeness (QED) is 0.677. The third-order valence-corrected chi connectivity index (χ3v) is 9.87. The molecule has 0 radical (unpaired) electrons. The number of aromatic hydroxyl groups is 1. The summed E-state index contributed by atoms with van der Waals surface area (Å²) < 4.78 is 54.3. The molecule has 33 heavy (non-hydrogen) atoms. The second-order valence-corrected chi connectivity index (χ2v) is 12.2. The van der Waals surface area contributed by atoms with Crippen LogP contribution >= 0.6 is 0 Å². The van der Waals surface area contributed by atoms with Crippen molar-refractivity contribution in [3.8, 4) is 5.75 Å². The van der Waals surface area contributed by atoms with Crippen molar-refractivity contribution in [2.24, 2.45) is 0 Å². The van der Waals surface area contributed by atoms with Crippen LogP contribution in [0.4, 0.5) is 0 Å². The molecule has 0 aromatic heterocycles. The number of rotatable bonds is 5. The van der Waals surface area contributed by atoms with E-state index >= 15 is 0 Å². The van der Waals surface area contributed by atoms with Crippen LogP contribution in [0.15, 0.2) is 52.3 Å². The number of aryl methyl sites for hydroxylation is 1. The highest BCUT2D eigenvalue weighted by Crippen LogP contribution is 2.28. The molecule has 9 nitrogen and oxygen atoms in total. The largest absolute Gasteiger partial charge is 0.507 e. The highest BCUT2D eigenvalue weighted by molar-refractivity contribution is 7.89. The Morgan fingerprint density at radius 3 is 2.12 bits per heavy atom. The van der Waals surface area contributed by atoms with Crippen molar-refractivity contribution in [2.45, 2.75) is 29.6 Å². The van der Waals surface area contributed by atoms with E-state index in [0.29, 0.717) is 18.7 Å². The highest BCUT2D eigenvalue weighted by atomic mass is 32.2. The van der Waals surface area contributed by atoms with E-state index in [1.807, 2.05) is 0 Å². The van der Waals surface area contributed by atoms with E-state index in [9.17, 15) is 26.7 Å². The molecule has 2 aliphatic rings. The number of carbonyl (C=O) groups is 1. The summed E-state index contributed by atoms with van der Waals surface area (Å²) >= 11 is 0. The van der Waals surface area contributed by atoms with Gasteiger partial charge in [-0.15, -0.1) is 0 Å². The van der Waals surface area contributed by atoms with E-state index in [1.54, 1.807) is 25.1 Å². The van der Waals surface area contributed by atoms with Crippen LogP contribution in [0, 0.1) is 6.92 Å². The molecule has 0 saturated carbocycles. The maximum Gasteiger partial charge on any atom is 0.253 e. The third-order valence-electron chi connectivity index (χ3n) is 6.04. The topological polar surface area (TPSA) is 115 Å². The lowest BCUT2D eigenvalue weighted by Gasteiger charge is -2.34. The second-order valence-electron chi connectivity index (χ2n) is 8.31. The molecule has 2 aliphatic heterocycles. The first-order chi connectivity index (χ1) is 15.6. The van der Waals surface area contributed by atoms with Crippen molar-refractivity contribution >= 4 is 26.0 Å². The zero-order chi connectivity index (χ0) is 23.8. The number of phenols is 1. The molecule has 2 fully saturated rings. The Hall–Kier alpha value is -2.47. The lowest BCUT2D eigenvalue weighted by molar-refractivity contribution is 0.0697. The number of sulfonamides is 2. The summed E-state index contributed by atoms with van der Waals surface area (Å²) in [5.41, 5.74) is 0.965. The minimum absolute atomic E-state index is 0.0766. The van der Waals surface area contributed by atoms with Crippen molar-refractivity contribution in [2.75, 3.05) is 39.3 Å². The average molecular weight is 494 g/mol. The number of hydrogen-bond donors (Lipinski definition) is 1. The standard InChI is InChI=1S/C22H27N3O6S2/c1-17-7-8-20(26)21(15-17)33(30,31)25-13-11-23(12-14-25)22(27)18-5-4-6-19(16-18)32(28,29)24-9-2-3-10-24/h4-8,15-16,26H,2-3,9-14H2,1H3. The van der Waals surface area contributed by atoms with E-state index in [0.717, 1.165) is 12.8 Å². The normalized spacial score (nSPS) is 18.5. The van der Waals surface area contributed by atoms with E-state index in [4.69, 9.17) is 0 Å². The summed E-state index contributed by atoms with van der Waals surface area (Å²) in [4.78, 5) is 14.5. The van der Waals surface area contributed by atoms with Crippen molar-refractivity contribution in [1.29, 1.82) is 0 Å². The van der Waals surface area contributed by atoms with Gasteiger partial charge in [-0.3, -0.25) is 4.79 Å². The summed E-state index contributed by atoms with van der Waals surface area (Å²) in [6.45, 7) is 3.18. The molecule has 11 heteroatoms. The predicted octanol–water partition coefficient (Wildman–Crippen LogP) is 1.63. The highest BCUT2D eigenvalue weighted by Gasteiger charge is 2.33. The monoisotopic (exact) mass is 493 g/mol. The number of carbonyl (C=O) groups excluding carboxylic acids is 1. The molecular formula is C22H27N3O6S2. The molecule has 2 aromatic rings. The fraction of sp³-hybridized carbons (Fsp3) is 0.409. The summed E-state index contributed by atoms with van der Waals surface area (Å²) in [5.74, 6) is -0.654. The first-order valence-electron chi connectivity index (χ1n) is 10.8. The molecular weight excluding hydrogens is 466 g/mol.